The fourth-order valence-electron chi connectivity index (χ4n) is 2.44. The Morgan fingerprint density at radius 3 is 1.92 bits per heavy atom. The molecule has 0 N–H and O–H groups in total. The molecule has 3 aromatic carbocycles. The molecular formula is C21H18F2O. The van der Waals surface area contributed by atoms with E-state index < -0.39 is 11.6 Å². The lowest BCUT2D eigenvalue weighted by molar-refractivity contribution is 0.284. The summed E-state index contributed by atoms with van der Waals surface area (Å²) in [6, 6.07) is 19.1. The van der Waals surface area contributed by atoms with Gasteiger partial charge in [-0.05, 0) is 42.2 Å². The van der Waals surface area contributed by atoms with Crippen LogP contribution in [-0.4, -0.2) is 0 Å². The summed E-state index contributed by atoms with van der Waals surface area (Å²) in [4.78, 5) is 0. The normalized spacial score (nSPS) is 10.7. The van der Waals surface area contributed by atoms with Gasteiger partial charge in [0.15, 0.2) is 11.6 Å². The molecule has 122 valence electrons. The Morgan fingerprint density at radius 1 is 0.708 bits per heavy atom. The summed E-state index contributed by atoms with van der Waals surface area (Å²) in [5.74, 6) is -1.87. The quantitative estimate of drug-likeness (QED) is 0.587. The van der Waals surface area contributed by atoms with Gasteiger partial charge < -0.3 is 4.74 Å². The summed E-state index contributed by atoms with van der Waals surface area (Å²) in [5.41, 5.74) is 4.62. The number of halogens is 2. The lowest BCUT2D eigenvalue weighted by Crippen LogP contribution is -2.00. The van der Waals surface area contributed by atoms with E-state index in [1.54, 1.807) is 0 Å². The van der Waals surface area contributed by atoms with Crippen LogP contribution in [-0.2, 0) is 6.61 Å². The summed E-state index contributed by atoms with van der Waals surface area (Å²) >= 11 is 0. The molecule has 3 rings (SSSR count). The van der Waals surface area contributed by atoms with Gasteiger partial charge in [0.05, 0.1) is 0 Å². The maximum absolute atomic E-state index is 13.8. The van der Waals surface area contributed by atoms with Crippen LogP contribution in [0.25, 0.3) is 11.1 Å². The van der Waals surface area contributed by atoms with Crippen molar-refractivity contribution in [1.82, 2.24) is 0 Å². The Balaban J connectivity index is 1.71. The standard InChI is InChI=1S/C21H18F2O/c1-14-3-8-17(9-4-14)18-10-6-16(7-11-18)13-24-19-12-5-15(2)20(22)21(19)23/h3-12H,13H2,1-2H3. The zero-order valence-corrected chi connectivity index (χ0v) is 13.6. The summed E-state index contributed by atoms with van der Waals surface area (Å²) in [5, 5.41) is 0. The molecule has 0 saturated heterocycles. The van der Waals surface area contributed by atoms with E-state index in [0.29, 0.717) is 0 Å². The van der Waals surface area contributed by atoms with Crippen LogP contribution >= 0.6 is 0 Å². The lowest BCUT2D eigenvalue weighted by atomic mass is 10.0. The molecule has 0 heterocycles. The van der Waals surface area contributed by atoms with E-state index >= 15 is 0 Å². The molecule has 3 aromatic rings. The highest BCUT2D eigenvalue weighted by Gasteiger charge is 2.12. The van der Waals surface area contributed by atoms with E-state index in [4.69, 9.17) is 4.74 Å². The summed E-state index contributed by atoms with van der Waals surface area (Å²) in [7, 11) is 0. The predicted octanol–water partition coefficient (Wildman–Crippen LogP) is 5.83. The molecule has 0 spiro atoms. The molecule has 0 saturated carbocycles. The van der Waals surface area contributed by atoms with E-state index in [-0.39, 0.29) is 17.9 Å². The van der Waals surface area contributed by atoms with E-state index in [2.05, 4.69) is 31.2 Å². The van der Waals surface area contributed by atoms with Crippen molar-refractivity contribution < 1.29 is 13.5 Å². The molecule has 0 atom stereocenters. The first-order chi connectivity index (χ1) is 11.5. The minimum absolute atomic E-state index is 0.0688. The van der Waals surface area contributed by atoms with E-state index in [1.807, 2.05) is 24.3 Å². The van der Waals surface area contributed by atoms with Gasteiger partial charge in [-0.15, -0.1) is 0 Å². The van der Waals surface area contributed by atoms with Crippen LogP contribution in [0.15, 0.2) is 60.7 Å². The number of hydrogen-bond donors (Lipinski definition) is 0. The van der Waals surface area contributed by atoms with Gasteiger partial charge in [0, 0.05) is 0 Å². The van der Waals surface area contributed by atoms with Gasteiger partial charge in [0.2, 0.25) is 5.82 Å². The predicted molar refractivity (Wildman–Crippen MR) is 92.0 cm³/mol. The van der Waals surface area contributed by atoms with Crippen LogP contribution < -0.4 is 4.74 Å². The SMILES string of the molecule is Cc1ccc(-c2ccc(COc3ccc(C)c(F)c3F)cc2)cc1. The highest BCUT2D eigenvalue weighted by atomic mass is 19.2. The van der Waals surface area contributed by atoms with Crippen molar-refractivity contribution in [3.05, 3.63) is 89.0 Å². The van der Waals surface area contributed by atoms with Crippen molar-refractivity contribution >= 4 is 0 Å². The molecule has 0 aliphatic heterocycles. The van der Waals surface area contributed by atoms with Gasteiger partial charge in [-0.25, -0.2) is 4.39 Å². The maximum Gasteiger partial charge on any atom is 0.200 e. The van der Waals surface area contributed by atoms with Crippen molar-refractivity contribution in [2.75, 3.05) is 0 Å². The van der Waals surface area contributed by atoms with E-state index in [9.17, 15) is 8.78 Å². The molecule has 0 bridgehead atoms. The molecule has 3 heteroatoms. The average molecular weight is 324 g/mol. The van der Waals surface area contributed by atoms with Crippen LogP contribution in [0, 0.1) is 25.5 Å². The third-order valence-corrected chi connectivity index (χ3v) is 3.97. The van der Waals surface area contributed by atoms with Gasteiger partial charge >= 0.3 is 0 Å². The number of rotatable bonds is 4. The molecule has 1 nitrogen and oxygen atoms in total. The van der Waals surface area contributed by atoms with Crippen LogP contribution in [0.5, 0.6) is 5.75 Å². The number of benzene rings is 3. The van der Waals surface area contributed by atoms with Gasteiger partial charge in [0.25, 0.3) is 0 Å². The summed E-state index contributed by atoms with van der Waals surface area (Å²) in [6.07, 6.45) is 0. The first-order valence-corrected chi connectivity index (χ1v) is 7.78. The van der Waals surface area contributed by atoms with Crippen LogP contribution in [0.2, 0.25) is 0 Å². The van der Waals surface area contributed by atoms with Crippen molar-refractivity contribution in [3.8, 4) is 16.9 Å². The first-order valence-electron chi connectivity index (χ1n) is 7.78. The number of aryl methyl sites for hydroxylation is 2. The zero-order valence-electron chi connectivity index (χ0n) is 13.6. The van der Waals surface area contributed by atoms with Gasteiger partial charge in [-0.3, -0.25) is 0 Å². The van der Waals surface area contributed by atoms with Gasteiger partial charge in [0.1, 0.15) is 6.61 Å². The topological polar surface area (TPSA) is 9.23 Å². The second kappa shape index (κ2) is 6.83. The minimum Gasteiger partial charge on any atom is -0.486 e. The average Bonchev–Trinajstić information content (AvgIpc) is 2.60. The zero-order chi connectivity index (χ0) is 17.1. The monoisotopic (exact) mass is 324 g/mol. The molecular weight excluding hydrogens is 306 g/mol. The summed E-state index contributed by atoms with van der Waals surface area (Å²) in [6.45, 7) is 3.76. The van der Waals surface area contributed by atoms with Gasteiger partial charge in [-0.1, -0.05) is 60.2 Å². The van der Waals surface area contributed by atoms with Crippen LogP contribution in [0.1, 0.15) is 16.7 Å². The number of ether oxygens (including phenoxy) is 1. The van der Waals surface area contributed by atoms with Crippen molar-refractivity contribution in [2.45, 2.75) is 20.5 Å². The smallest absolute Gasteiger partial charge is 0.200 e. The third-order valence-electron chi connectivity index (χ3n) is 3.97. The molecule has 0 unspecified atom stereocenters. The van der Waals surface area contributed by atoms with Gasteiger partial charge in [-0.2, -0.15) is 4.39 Å². The lowest BCUT2D eigenvalue weighted by Gasteiger charge is -2.09. The second-order valence-corrected chi connectivity index (χ2v) is 5.86. The molecule has 0 amide bonds. The molecule has 0 aliphatic carbocycles. The Kier molecular flexibility index (Phi) is 4.61. The molecule has 0 radical (unpaired) electrons. The highest BCUT2D eigenvalue weighted by Crippen LogP contribution is 2.24. The maximum atomic E-state index is 13.8. The third kappa shape index (κ3) is 3.46. The Labute approximate surface area is 140 Å². The van der Waals surface area contributed by atoms with Crippen molar-refractivity contribution in [2.24, 2.45) is 0 Å². The fourth-order valence-corrected chi connectivity index (χ4v) is 2.44. The molecule has 24 heavy (non-hydrogen) atoms. The van der Waals surface area contributed by atoms with E-state index in [0.717, 1.165) is 16.7 Å². The fraction of sp³-hybridized carbons (Fsp3) is 0.143. The van der Waals surface area contributed by atoms with Crippen LogP contribution in [0.3, 0.4) is 0 Å². The highest BCUT2D eigenvalue weighted by molar-refractivity contribution is 5.63. The Hall–Kier alpha value is -2.68. The first kappa shape index (κ1) is 16.2. The van der Waals surface area contributed by atoms with E-state index in [1.165, 1.54) is 24.6 Å². The Bertz CT molecular complexity index is 837. The van der Waals surface area contributed by atoms with Crippen molar-refractivity contribution in [3.63, 3.8) is 0 Å². The second-order valence-electron chi connectivity index (χ2n) is 5.86. The van der Waals surface area contributed by atoms with Crippen molar-refractivity contribution in [1.29, 1.82) is 0 Å². The molecule has 0 fully saturated rings. The minimum atomic E-state index is -0.939. The largest absolute Gasteiger partial charge is 0.486 e. The molecule has 0 aliphatic rings. The van der Waals surface area contributed by atoms with Crippen LogP contribution in [0.4, 0.5) is 8.78 Å². The summed E-state index contributed by atoms with van der Waals surface area (Å²) < 4.78 is 32.7. The number of hydrogen-bond acceptors (Lipinski definition) is 1. The Morgan fingerprint density at radius 2 is 1.29 bits per heavy atom. The molecule has 0 aromatic heterocycles.